The van der Waals surface area contributed by atoms with Crippen LogP contribution in [0.2, 0.25) is 5.02 Å². The molecule has 0 bridgehead atoms. The summed E-state index contributed by atoms with van der Waals surface area (Å²) in [6.45, 7) is 1.81. The van der Waals surface area contributed by atoms with Gasteiger partial charge >= 0.3 is 0 Å². The van der Waals surface area contributed by atoms with Crippen molar-refractivity contribution in [3.63, 3.8) is 0 Å². The number of nitrogens with two attached hydrogens (primary N) is 1. The third kappa shape index (κ3) is 2.92. The van der Waals surface area contributed by atoms with E-state index in [1.54, 1.807) is 6.92 Å². The quantitative estimate of drug-likeness (QED) is 0.824. The first-order valence-corrected chi connectivity index (χ1v) is 7.52. The first-order valence-electron chi connectivity index (χ1n) is 5.70. The number of H-pyrrole nitrogens is 1. The highest BCUT2D eigenvalue weighted by Gasteiger charge is 2.22. The number of nitrogens with one attached hydrogen (secondary N) is 1. The zero-order chi connectivity index (χ0) is 14.9. The Labute approximate surface area is 121 Å². The molecule has 0 amide bonds. The summed E-state index contributed by atoms with van der Waals surface area (Å²) in [4.78, 5) is 4.15. The number of nitrogen functional groups attached to an aromatic ring is 1. The summed E-state index contributed by atoms with van der Waals surface area (Å²) >= 11 is 5.79. The molecule has 0 aliphatic rings. The van der Waals surface area contributed by atoms with Gasteiger partial charge < -0.3 is 5.73 Å². The van der Waals surface area contributed by atoms with Crippen LogP contribution in [0.5, 0.6) is 0 Å². The molecule has 0 saturated heterocycles. The highest BCUT2D eigenvalue weighted by atomic mass is 35.5. The topological polar surface area (TPSA) is 105 Å². The van der Waals surface area contributed by atoms with Crippen LogP contribution in [0.25, 0.3) is 0 Å². The highest BCUT2D eigenvalue weighted by molar-refractivity contribution is 7.89. The second-order valence-corrected chi connectivity index (χ2v) is 6.73. The molecule has 0 atom stereocenters. The molecule has 0 aliphatic carbocycles. The summed E-state index contributed by atoms with van der Waals surface area (Å²) in [5.74, 6) is 1.03. The van der Waals surface area contributed by atoms with Gasteiger partial charge in [-0.3, -0.25) is 5.10 Å². The van der Waals surface area contributed by atoms with Gasteiger partial charge in [0.15, 0.2) is 5.82 Å². The first kappa shape index (κ1) is 14.8. The SMILES string of the molecule is Cc1nc(CN(C)S(=O)(=O)c2ccc(Cl)c(N)c2)n[nH]1. The molecule has 1 aromatic heterocycles. The molecule has 2 rings (SSSR count). The van der Waals surface area contributed by atoms with Gasteiger partial charge in [-0.05, 0) is 25.1 Å². The number of benzene rings is 1. The van der Waals surface area contributed by atoms with Crippen LogP contribution in [0.15, 0.2) is 23.1 Å². The van der Waals surface area contributed by atoms with E-state index in [1.165, 1.54) is 25.2 Å². The molecule has 20 heavy (non-hydrogen) atoms. The largest absolute Gasteiger partial charge is 0.397 e. The fraction of sp³-hybridized carbons (Fsp3) is 0.273. The van der Waals surface area contributed by atoms with Crippen molar-refractivity contribution in [1.29, 1.82) is 0 Å². The minimum Gasteiger partial charge on any atom is -0.397 e. The van der Waals surface area contributed by atoms with E-state index in [2.05, 4.69) is 15.2 Å². The molecule has 3 N–H and O–H groups in total. The number of aromatic nitrogens is 3. The number of hydrogen-bond acceptors (Lipinski definition) is 5. The van der Waals surface area contributed by atoms with Crippen LogP contribution in [0, 0.1) is 6.92 Å². The van der Waals surface area contributed by atoms with Gasteiger partial charge in [0.25, 0.3) is 0 Å². The smallest absolute Gasteiger partial charge is 0.243 e. The van der Waals surface area contributed by atoms with Crippen molar-refractivity contribution in [1.82, 2.24) is 19.5 Å². The van der Waals surface area contributed by atoms with Crippen LogP contribution in [-0.4, -0.2) is 35.0 Å². The van der Waals surface area contributed by atoms with Crippen LogP contribution >= 0.6 is 11.6 Å². The molecule has 0 fully saturated rings. The molecule has 0 aliphatic heterocycles. The zero-order valence-electron chi connectivity index (χ0n) is 11.0. The standard InChI is InChI=1S/C11H14ClN5O2S/c1-7-14-11(16-15-7)6-17(2)20(18,19)8-3-4-9(12)10(13)5-8/h3-5H,6,13H2,1-2H3,(H,14,15,16). The normalized spacial score (nSPS) is 12.0. The summed E-state index contributed by atoms with van der Waals surface area (Å²) in [5.41, 5.74) is 5.85. The molecular formula is C11H14ClN5O2S. The third-order valence-electron chi connectivity index (χ3n) is 2.68. The molecule has 2 aromatic rings. The Balaban J connectivity index is 2.27. The lowest BCUT2D eigenvalue weighted by atomic mass is 10.3. The van der Waals surface area contributed by atoms with E-state index in [0.29, 0.717) is 16.7 Å². The number of anilines is 1. The Hall–Kier alpha value is -1.64. The lowest BCUT2D eigenvalue weighted by molar-refractivity contribution is 0.457. The Morgan fingerprint density at radius 1 is 1.45 bits per heavy atom. The molecule has 0 unspecified atom stereocenters. The number of hydrogen-bond donors (Lipinski definition) is 2. The number of nitrogens with zero attached hydrogens (tertiary/aromatic N) is 3. The van der Waals surface area contributed by atoms with Crippen LogP contribution in [0.3, 0.4) is 0 Å². The van der Waals surface area contributed by atoms with Gasteiger partial charge in [-0.2, -0.15) is 9.40 Å². The van der Waals surface area contributed by atoms with Gasteiger partial charge in [-0.25, -0.2) is 13.4 Å². The number of sulfonamides is 1. The summed E-state index contributed by atoms with van der Waals surface area (Å²) in [6.07, 6.45) is 0. The van der Waals surface area contributed by atoms with Gasteiger partial charge in [0.2, 0.25) is 10.0 Å². The molecule has 9 heteroatoms. The van der Waals surface area contributed by atoms with Crippen molar-refractivity contribution in [3.8, 4) is 0 Å². The summed E-state index contributed by atoms with van der Waals surface area (Å²) in [6, 6.07) is 4.19. The van der Waals surface area contributed by atoms with Gasteiger partial charge in [-0.1, -0.05) is 11.6 Å². The zero-order valence-corrected chi connectivity index (χ0v) is 12.5. The Kier molecular flexibility index (Phi) is 3.98. The second kappa shape index (κ2) is 5.39. The maximum absolute atomic E-state index is 12.4. The third-order valence-corrected chi connectivity index (χ3v) is 4.83. The van der Waals surface area contributed by atoms with E-state index in [-0.39, 0.29) is 17.1 Å². The average Bonchev–Trinajstić information content (AvgIpc) is 2.78. The van der Waals surface area contributed by atoms with E-state index in [4.69, 9.17) is 17.3 Å². The molecule has 0 radical (unpaired) electrons. The van der Waals surface area contributed by atoms with Crippen LogP contribution in [-0.2, 0) is 16.6 Å². The van der Waals surface area contributed by atoms with Crippen molar-refractivity contribution in [2.75, 3.05) is 12.8 Å². The summed E-state index contributed by atoms with van der Waals surface area (Å²) in [5, 5.41) is 6.88. The second-order valence-electron chi connectivity index (χ2n) is 4.28. The molecule has 7 nitrogen and oxygen atoms in total. The predicted molar refractivity (Wildman–Crippen MR) is 75.6 cm³/mol. The molecule has 0 spiro atoms. The van der Waals surface area contributed by atoms with E-state index < -0.39 is 10.0 Å². The molecule has 0 saturated carbocycles. The van der Waals surface area contributed by atoms with Crippen LogP contribution in [0.1, 0.15) is 11.6 Å². The Morgan fingerprint density at radius 3 is 2.70 bits per heavy atom. The van der Waals surface area contributed by atoms with Gasteiger partial charge in [-0.15, -0.1) is 0 Å². The summed E-state index contributed by atoms with van der Waals surface area (Å²) in [7, 11) is -2.22. The first-order chi connectivity index (χ1) is 9.30. The fourth-order valence-electron chi connectivity index (χ4n) is 1.61. The number of aryl methyl sites for hydroxylation is 1. The summed E-state index contributed by atoms with van der Waals surface area (Å²) < 4.78 is 25.9. The van der Waals surface area contributed by atoms with Gasteiger partial charge in [0.05, 0.1) is 22.2 Å². The van der Waals surface area contributed by atoms with Gasteiger partial charge in [0, 0.05) is 7.05 Å². The molecule has 1 heterocycles. The average molecular weight is 316 g/mol. The van der Waals surface area contributed by atoms with E-state index in [1.807, 2.05) is 0 Å². The number of rotatable bonds is 4. The van der Waals surface area contributed by atoms with Crippen LogP contribution in [0.4, 0.5) is 5.69 Å². The number of halogens is 1. The molecule has 1 aromatic carbocycles. The molecule has 108 valence electrons. The van der Waals surface area contributed by atoms with Crippen molar-refractivity contribution in [2.24, 2.45) is 0 Å². The van der Waals surface area contributed by atoms with Crippen molar-refractivity contribution in [2.45, 2.75) is 18.4 Å². The lowest BCUT2D eigenvalue weighted by Gasteiger charge is -2.16. The van der Waals surface area contributed by atoms with Crippen molar-refractivity contribution in [3.05, 3.63) is 34.9 Å². The molecular weight excluding hydrogens is 302 g/mol. The highest BCUT2D eigenvalue weighted by Crippen LogP contribution is 2.24. The fourth-order valence-corrected chi connectivity index (χ4v) is 2.88. The number of aromatic amines is 1. The van der Waals surface area contributed by atoms with Gasteiger partial charge in [0.1, 0.15) is 5.82 Å². The van der Waals surface area contributed by atoms with E-state index in [0.717, 1.165) is 4.31 Å². The van der Waals surface area contributed by atoms with Crippen molar-refractivity contribution >= 4 is 27.3 Å². The minimum atomic E-state index is -3.67. The Morgan fingerprint density at radius 2 is 2.15 bits per heavy atom. The van der Waals surface area contributed by atoms with Crippen LogP contribution < -0.4 is 5.73 Å². The maximum Gasteiger partial charge on any atom is 0.243 e. The van der Waals surface area contributed by atoms with E-state index in [9.17, 15) is 8.42 Å². The maximum atomic E-state index is 12.4. The minimum absolute atomic E-state index is 0.0647. The Bertz CT molecular complexity index is 728. The predicted octanol–water partition coefficient (Wildman–Crippen LogP) is 1.17. The lowest BCUT2D eigenvalue weighted by Crippen LogP contribution is -2.27. The van der Waals surface area contributed by atoms with Crippen molar-refractivity contribution < 1.29 is 8.42 Å². The van der Waals surface area contributed by atoms with E-state index >= 15 is 0 Å². The monoisotopic (exact) mass is 315 g/mol.